The Hall–Kier alpha value is -2.06. The first-order valence-corrected chi connectivity index (χ1v) is 6.12. The van der Waals surface area contributed by atoms with Gasteiger partial charge in [0.2, 0.25) is 5.54 Å². The van der Waals surface area contributed by atoms with Crippen LogP contribution in [0, 0.1) is 5.92 Å². The summed E-state index contributed by atoms with van der Waals surface area (Å²) in [4.78, 5) is 26.5. The number of carboxylic acid groups (broad SMARTS) is 1. The van der Waals surface area contributed by atoms with E-state index in [1.54, 1.807) is 5.32 Å². The zero-order valence-electron chi connectivity index (χ0n) is 11.7. The van der Waals surface area contributed by atoms with Crippen molar-refractivity contribution in [3.63, 3.8) is 0 Å². The lowest BCUT2D eigenvalue weighted by molar-refractivity contribution is -0.193. The molecule has 1 heterocycles. The van der Waals surface area contributed by atoms with Gasteiger partial charge >= 0.3 is 12.1 Å². The molecule has 0 saturated carbocycles. The smallest absolute Gasteiger partial charge is 0.422 e. The van der Waals surface area contributed by atoms with Gasteiger partial charge < -0.3 is 15.0 Å². The van der Waals surface area contributed by atoms with Crippen molar-refractivity contribution in [2.24, 2.45) is 5.92 Å². The Kier molecular flexibility index (Phi) is 4.65. The number of aliphatic carboxylic acids is 1. The SMILES string of the molecule is CC(C)Cn1ccnc(NC(C)(C(=O)O)C(F)(F)F)c1=O. The topological polar surface area (TPSA) is 84.2 Å². The molecule has 1 rings (SSSR count). The van der Waals surface area contributed by atoms with Crippen molar-refractivity contribution >= 4 is 11.8 Å². The molecule has 0 radical (unpaired) electrons. The third kappa shape index (κ3) is 3.53. The Labute approximate surface area is 118 Å². The summed E-state index contributed by atoms with van der Waals surface area (Å²) in [6.45, 7) is 4.39. The maximum atomic E-state index is 12.9. The van der Waals surface area contributed by atoms with E-state index in [1.165, 1.54) is 10.8 Å². The lowest BCUT2D eigenvalue weighted by Crippen LogP contribution is -2.56. The number of hydrogen-bond donors (Lipinski definition) is 2. The summed E-state index contributed by atoms with van der Waals surface area (Å²) < 4.78 is 39.9. The highest BCUT2D eigenvalue weighted by molar-refractivity contribution is 5.83. The number of nitrogens with zero attached hydrogens (tertiary/aromatic N) is 2. The largest absolute Gasteiger partial charge is 0.479 e. The molecule has 0 aliphatic heterocycles. The molecule has 0 fully saturated rings. The van der Waals surface area contributed by atoms with E-state index in [1.807, 2.05) is 13.8 Å². The minimum Gasteiger partial charge on any atom is -0.479 e. The van der Waals surface area contributed by atoms with Crippen LogP contribution in [-0.4, -0.2) is 32.3 Å². The van der Waals surface area contributed by atoms with E-state index < -0.39 is 29.1 Å². The average Bonchev–Trinajstić information content (AvgIpc) is 2.31. The van der Waals surface area contributed by atoms with Crippen LogP contribution in [0.1, 0.15) is 20.8 Å². The molecule has 1 aromatic heterocycles. The van der Waals surface area contributed by atoms with Crippen LogP contribution in [-0.2, 0) is 11.3 Å². The fourth-order valence-electron chi connectivity index (χ4n) is 1.55. The second-order valence-corrected chi connectivity index (χ2v) is 5.18. The van der Waals surface area contributed by atoms with Crippen LogP contribution >= 0.6 is 0 Å². The third-order valence-electron chi connectivity index (χ3n) is 2.84. The second kappa shape index (κ2) is 5.74. The van der Waals surface area contributed by atoms with Gasteiger partial charge in [-0.25, -0.2) is 9.78 Å². The highest BCUT2D eigenvalue weighted by atomic mass is 19.4. The number of hydrogen-bond acceptors (Lipinski definition) is 4. The highest BCUT2D eigenvalue weighted by Crippen LogP contribution is 2.32. The number of nitrogens with one attached hydrogen (secondary N) is 1. The van der Waals surface area contributed by atoms with Gasteiger partial charge in [0.1, 0.15) is 0 Å². The first-order chi connectivity index (χ1) is 9.49. The number of alkyl halides is 3. The van der Waals surface area contributed by atoms with Gasteiger partial charge in [-0.2, -0.15) is 13.2 Å². The summed E-state index contributed by atoms with van der Waals surface area (Å²) in [6.07, 6.45) is -2.62. The van der Waals surface area contributed by atoms with E-state index in [4.69, 9.17) is 5.11 Å². The Morgan fingerprint density at radius 3 is 2.48 bits per heavy atom. The standard InChI is InChI=1S/C12H16F3N3O3/c1-7(2)6-18-5-4-16-8(9(18)19)17-11(3,10(20)21)12(13,14)15/h4-5,7H,6H2,1-3H3,(H,16,17)(H,20,21). The van der Waals surface area contributed by atoms with Gasteiger partial charge in [0.15, 0.2) is 5.82 Å². The van der Waals surface area contributed by atoms with Crippen LogP contribution in [0.25, 0.3) is 0 Å². The lowest BCUT2D eigenvalue weighted by Gasteiger charge is -2.28. The fraction of sp³-hybridized carbons (Fsp3) is 0.583. The molecule has 1 atom stereocenters. The normalized spacial score (nSPS) is 14.8. The molecule has 6 nitrogen and oxygen atoms in total. The van der Waals surface area contributed by atoms with Gasteiger partial charge in [-0.3, -0.25) is 4.79 Å². The quantitative estimate of drug-likeness (QED) is 0.865. The number of carbonyl (C=O) groups is 1. The van der Waals surface area contributed by atoms with E-state index >= 15 is 0 Å². The summed E-state index contributed by atoms with van der Waals surface area (Å²) >= 11 is 0. The van der Waals surface area contributed by atoms with Crippen LogP contribution in [0.5, 0.6) is 0 Å². The molecule has 0 bridgehead atoms. The number of rotatable bonds is 5. The summed E-state index contributed by atoms with van der Waals surface area (Å²) in [5, 5.41) is 10.5. The Bertz CT molecular complexity index is 583. The van der Waals surface area contributed by atoms with Crippen LogP contribution in [0.4, 0.5) is 19.0 Å². The maximum absolute atomic E-state index is 12.9. The molecule has 21 heavy (non-hydrogen) atoms. The molecular weight excluding hydrogens is 291 g/mol. The van der Waals surface area contributed by atoms with E-state index in [-0.39, 0.29) is 12.5 Å². The lowest BCUT2D eigenvalue weighted by atomic mass is 10.0. The zero-order valence-corrected chi connectivity index (χ0v) is 11.7. The van der Waals surface area contributed by atoms with Crippen molar-refractivity contribution in [1.29, 1.82) is 0 Å². The van der Waals surface area contributed by atoms with Crippen molar-refractivity contribution < 1.29 is 23.1 Å². The van der Waals surface area contributed by atoms with Gasteiger partial charge in [-0.05, 0) is 12.8 Å². The van der Waals surface area contributed by atoms with Crippen LogP contribution in [0.2, 0.25) is 0 Å². The molecule has 0 saturated heterocycles. The van der Waals surface area contributed by atoms with Gasteiger partial charge in [0.05, 0.1) is 0 Å². The molecule has 0 aliphatic rings. The number of carboxylic acids is 1. The summed E-state index contributed by atoms with van der Waals surface area (Å²) in [7, 11) is 0. The molecule has 0 spiro atoms. The maximum Gasteiger partial charge on any atom is 0.422 e. The Morgan fingerprint density at radius 1 is 1.48 bits per heavy atom. The van der Waals surface area contributed by atoms with Crippen molar-refractivity contribution in [1.82, 2.24) is 9.55 Å². The number of halogens is 3. The third-order valence-corrected chi connectivity index (χ3v) is 2.84. The predicted molar refractivity (Wildman–Crippen MR) is 69.1 cm³/mol. The summed E-state index contributed by atoms with van der Waals surface area (Å²) in [5.41, 5.74) is -4.10. The monoisotopic (exact) mass is 307 g/mol. The molecule has 2 N–H and O–H groups in total. The second-order valence-electron chi connectivity index (χ2n) is 5.18. The van der Waals surface area contributed by atoms with Crippen molar-refractivity contribution in [2.75, 3.05) is 5.32 Å². The summed E-state index contributed by atoms with van der Waals surface area (Å²) in [6, 6.07) is 0. The molecule has 118 valence electrons. The van der Waals surface area contributed by atoms with Crippen molar-refractivity contribution in [3.8, 4) is 0 Å². The number of anilines is 1. The number of aromatic nitrogens is 2. The average molecular weight is 307 g/mol. The Balaban J connectivity index is 3.24. The van der Waals surface area contributed by atoms with Crippen LogP contribution < -0.4 is 10.9 Å². The molecule has 1 aromatic rings. The van der Waals surface area contributed by atoms with E-state index in [9.17, 15) is 22.8 Å². The van der Waals surface area contributed by atoms with Crippen molar-refractivity contribution in [2.45, 2.75) is 39.0 Å². The molecule has 1 unspecified atom stereocenters. The highest BCUT2D eigenvalue weighted by Gasteiger charge is 2.58. The van der Waals surface area contributed by atoms with Gasteiger partial charge in [-0.1, -0.05) is 13.8 Å². The van der Waals surface area contributed by atoms with Gasteiger partial charge in [-0.15, -0.1) is 0 Å². The van der Waals surface area contributed by atoms with Gasteiger partial charge in [0, 0.05) is 18.9 Å². The predicted octanol–water partition coefficient (Wildman–Crippen LogP) is 1.72. The first kappa shape index (κ1) is 17.0. The molecule has 0 aromatic carbocycles. The molecular formula is C12H16F3N3O3. The first-order valence-electron chi connectivity index (χ1n) is 6.12. The van der Waals surface area contributed by atoms with Crippen LogP contribution in [0.3, 0.4) is 0 Å². The molecule has 0 amide bonds. The zero-order chi connectivity index (χ0) is 16.4. The van der Waals surface area contributed by atoms with E-state index in [0.29, 0.717) is 6.92 Å². The van der Waals surface area contributed by atoms with E-state index in [2.05, 4.69) is 4.98 Å². The Morgan fingerprint density at radius 2 is 2.05 bits per heavy atom. The van der Waals surface area contributed by atoms with E-state index in [0.717, 1.165) is 6.20 Å². The fourth-order valence-corrected chi connectivity index (χ4v) is 1.55. The summed E-state index contributed by atoms with van der Waals surface area (Å²) in [5.74, 6) is -2.71. The minimum atomic E-state index is -5.09. The van der Waals surface area contributed by atoms with Crippen molar-refractivity contribution in [3.05, 3.63) is 22.7 Å². The molecule has 9 heteroatoms. The van der Waals surface area contributed by atoms with Crippen LogP contribution in [0.15, 0.2) is 17.2 Å². The minimum absolute atomic E-state index is 0.0893. The van der Waals surface area contributed by atoms with Gasteiger partial charge in [0.25, 0.3) is 5.56 Å². The molecule has 0 aliphatic carbocycles.